The molecule has 0 saturated heterocycles. The Morgan fingerprint density at radius 2 is 1.94 bits per heavy atom. The fraction of sp³-hybridized carbons (Fsp3) is 0.250. The molecule has 2 amide bonds. The van der Waals surface area contributed by atoms with E-state index >= 15 is 0 Å². The number of hydrogen-bond donors (Lipinski definition) is 3. The number of aliphatic carboxylic acids is 1. The highest BCUT2D eigenvalue weighted by molar-refractivity contribution is 5.85. The Morgan fingerprint density at radius 3 is 2.50 bits per heavy atom. The normalized spacial score (nSPS) is 11.3. The number of carboxylic acid groups (broad SMARTS) is 1. The molecule has 1 rings (SSSR count). The second-order valence-corrected chi connectivity index (χ2v) is 3.60. The van der Waals surface area contributed by atoms with Crippen LogP contribution in [0.4, 0.5) is 0 Å². The zero-order valence-corrected chi connectivity index (χ0v) is 9.55. The van der Waals surface area contributed by atoms with Crippen molar-refractivity contribution in [2.75, 3.05) is 6.54 Å². The van der Waals surface area contributed by atoms with Crippen molar-refractivity contribution in [1.82, 2.24) is 10.6 Å². The van der Waals surface area contributed by atoms with Gasteiger partial charge in [0.05, 0.1) is 6.54 Å². The van der Waals surface area contributed by atoms with Gasteiger partial charge in [0.1, 0.15) is 6.04 Å². The van der Waals surface area contributed by atoms with E-state index in [0.717, 1.165) is 5.56 Å². The highest BCUT2D eigenvalue weighted by atomic mass is 16.4. The molecule has 0 aliphatic carbocycles. The molecular formula is C12H13N2O4. The van der Waals surface area contributed by atoms with Gasteiger partial charge in [-0.3, -0.25) is 9.59 Å². The molecule has 95 valence electrons. The minimum atomic E-state index is -1.12. The van der Waals surface area contributed by atoms with Gasteiger partial charge in [-0.1, -0.05) is 30.3 Å². The zero-order valence-electron chi connectivity index (χ0n) is 9.55. The molecule has 1 radical (unpaired) electrons. The molecule has 18 heavy (non-hydrogen) atoms. The fourth-order valence-corrected chi connectivity index (χ4v) is 1.41. The van der Waals surface area contributed by atoms with E-state index in [1.54, 1.807) is 24.3 Å². The quantitative estimate of drug-likeness (QED) is 0.565. The first kappa shape index (κ1) is 13.7. The number of hydrogen-bond acceptors (Lipinski definition) is 3. The van der Waals surface area contributed by atoms with Crippen LogP contribution in [0, 0.1) is 0 Å². The summed E-state index contributed by atoms with van der Waals surface area (Å²) in [6.45, 7) is -0.290. The van der Waals surface area contributed by atoms with Gasteiger partial charge < -0.3 is 15.7 Å². The molecule has 0 aromatic heterocycles. The van der Waals surface area contributed by atoms with Crippen LogP contribution >= 0.6 is 0 Å². The standard InChI is InChI=1S/C12H13N2O4/c15-8-13-7-11(16)14-10(12(17)18)6-9-4-2-1-3-5-9/h1-5,10H,6-7H2,(H,13,15)(H,14,16)(H,17,18). The SMILES string of the molecule is O=[C]NCC(=O)NC(Cc1ccccc1)C(=O)O. The lowest BCUT2D eigenvalue weighted by molar-refractivity contribution is -0.141. The van der Waals surface area contributed by atoms with E-state index in [-0.39, 0.29) is 13.0 Å². The summed E-state index contributed by atoms with van der Waals surface area (Å²) in [5.74, 6) is -1.69. The van der Waals surface area contributed by atoms with Gasteiger partial charge in [-0.15, -0.1) is 0 Å². The van der Waals surface area contributed by atoms with Crippen molar-refractivity contribution in [2.24, 2.45) is 0 Å². The van der Waals surface area contributed by atoms with Crippen LogP contribution in [0.5, 0.6) is 0 Å². The second-order valence-electron chi connectivity index (χ2n) is 3.60. The molecule has 1 aromatic carbocycles. The average Bonchev–Trinajstić information content (AvgIpc) is 2.36. The van der Waals surface area contributed by atoms with E-state index in [9.17, 15) is 14.4 Å². The van der Waals surface area contributed by atoms with Crippen LogP contribution in [0.3, 0.4) is 0 Å². The molecule has 0 aliphatic rings. The van der Waals surface area contributed by atoms with Crippen molar-refractivity contribution in [2.45, 2.75) is 12.5 Å². The third-order valence-electron chi connectivity index (χ3n) is 2.24. The molecule has 0 spiro atoms. The summed E-state index contributed by atoms with van der Waals surface area (Å²) >= 11 is 0. The Labute approximate surface area is 104 Å². The Balaban J connectivity index is 2.58. The van der Waals surface area contributed by atoms with Crippen molar-refractivity contribution in [3.05, 3.63) is 35.9 Å². The maximum atomic E-state index is 11.3. The number of carbonyl (C=O) groups excluding carboxylic acids is 2. The zero-order chi connectivity index (χ0) is 13.4. The van der Waals surface area contributed by atoms with E-state index in [0.29, 0.717) is 0 Å². The summed E-state index contributed by atoms with van der Waals surface area (Å²) in [6, 6.07) is 7.94. The van der Waals surface area contributed by atoms with Gasteiger partial charge in [-0.2, -0.15) is 0 Å². The summed E-state index contributed by atoms with van der Waals surface area (Å²) in [5.41, 5.74) is 0.806. The predicted octanol–water partition coefficient (Wildman–Crippen LogP) is -0.545. The van der Waals surface area contributed by atoms with Crippen molar-refractivity contribution in [1.29, 1.82) is 0 Å². The van der Waals surface area contributed by atoms with Gasteiger partial charge >= 0.3 is 12.4 Å². The molecule has 0 fully saturated rings. The van der Waals surface area contributed by atoms with Crippen molar-refractivity contribution in [3.8, 4) is 0 Å². The lowest BCUT2D eigenvalue weighted by atomic mass is 10.1. The maximum absolute atomic E-state index is 11.3. The van der Waals surface area contributed by atoms with E-state index < -0.39 is 17.9 Å². The van der Waals surface area contributed by atoms with Gasteiger partial charge in [0.2, 0.25) is 5.91 Å². The van der Waals surface area contributed by atoms with Crippen LogP contribution in [0.15, 0.2) is 30.3 Å². The third kappa shape index (κ3) is 4.65. The predicted molar refractivity (Wildman–Crippen MR) is 63.4 cm³/mol. The Kier molecular flexibility index (Phi) is 5.37. The second kappa shape index (κ2) is 7.05. The fourth-order valence-electron chi connectivity index (χ4n) is 1.41. The molecule has 6 heteroatoms. The molecule has 1 aromatic rings. The largest absolute Gasteiger partial charge is 0.480 e. The van der Waals surface area contributed by atoms with Crippen LogP contribution in [0.25, 0.3) is 0 Å². The Morgan fingerprint density at radius 1 is 1.28 bits per heavy atom. The van der Waals surface area contributed by atoms with Gasteiger partial charge in [0, 0.05) is 6.42 Å². The van der Waals surface area contributed by atoms with Crippen LogP contribution in [0.1, 0.15) is 5.56 Å². The summed E-state index contributed by atoms with van der Waals surface area (Å²) < 4.78 is 0. The van der Waals surface area contributed by atoms with Crippen LogP contribution in [-0.4, -0.2) is 36.0 Å². The summed E-state index contributed by atoms with van der Waals surface area (Å²) in [4.78, 5) is 32.2. The van der Waals surface area contributed by atoms with E-state index in [1.165, 1.54) is 6.41 Å². The van der Waals surface area contributed by atoms with Gasteiger partial charge in [-0.25, -0.2) is 4.79 Å². The minimum absolute atomic E-state index is 0.187. The van der Waals surface area contributed by atoms with E-state index in [2.05, 4.69) is 5.32 Å². The Bertz CT molecular complexity index is 419. The number of rotatable bonds is 7. The van der Waals surface area contributed by atoms with Crippen LogP contribution in [0.2, 0.25) is 0 Å². The minimum Gasteiger partial charge on any atom is -0.480 e. The first-order valence-corrected chi connectivity index (χ1v) is 5.29. The molecule has 3 N–H and O–H groups in total. The summed E-state index contributed by atoms with van der Waals surface area (Å²) in [5, 5.41) is 13.4. The van der Waals surface area contributed by atoms with Crippen LogP contribution in [-0.2, 0) is 20.8 Å². The molecule has 6 nitrogen and oxygen atoms in total. The number of amides is 2. The van der Waals surface area contributed by atoms with E-state index in [4.69, 9.17) is 5.11 Å². The first-order valence-electron chi connectivity index (χ1n) is 5.29. The molecule has 0 heterocycles. The number of benzene rings is 1. The third-order valence-corrected chi connectivity index (χ3v) is 2.24. The van der Waals surface area contributed by atoms with Gasteiger partial charge in [0.25, 0.3) is 0 Å². The highest BCUT2D eigenvalue weighted by Crippen LogP contribution is 2.03. The smallest absolute Gasteiger partial charge is 0.326 e. The molecule has 0 saturated carbocycles. The monoisotopic (exact) mass is 249 g/mol. The van der Waals surface area contributed by atoms with E-state index in [1.807, 2.05) is 11.4 Å². The number of nitrogens with one attached hydrogen (secondary N) is 2. The lowest BCUT2D eigenvalue weighted by Crippen LogP contribution is -2.45. The summed E-state index contributed by atoms with van der Waals surface area (Å²) in [7, 11) is 0. The van der Waals surface area contributed by atoms with Gasteiger partial charge in [0.15, 0.2) is 0 Å². The average molecular weight is 249 g/mol. The first-order chi connectivity index (χ1) is 8.63. The van der Waals surface area contributed by atoms with Crippen molar-refractivity contribution in [3.63, 3.8) is 0 Å². The number of carbonyl (C=O) groups is 2. The lowest BCUT2D eigenvalue weighted by Gasteiger charge is -2.14. The molecular weight excluding hydrogens is 236 g/mol. The Hall–Kier alpha value is -2.37. The molecule has 0 bridgehead atoms. The van der Waals surface area contributed by atoms with Crippen molar-refractivity contribution < 1.29 is 19.5 Å². The maximum Gasteiger partial charge on any atom is 0.326 e. The molecule has 1 atom stereocenters. The highest BCUT2D eigenvalue weighted by Gasteiger charge is 2.19. The van der Waals surface area contributed by atoms with Crippen LogP contribution < -0.4 is 10.6 Å². The molecule has 0 aliphatic heterocycles. The molecule has 1 unspecified atom stereocenters. The van der Waals surface area contributed by atoms with Crippen molar-refractivity contribution >= 4 is 18.3 Å². The number of carboxylic acids is 1. The topological polar surface area (TPSA) is 95.5 Å². The summed E-state index contributed by atoms with van der Waals surface area (Å²) in [6.07, 6.45) is 1.53. The van der Waals surface area contributed by atoms with Gasteiger partial charge in [-0.05, 0) is 5.56 Å².